The Morgan fingerprint density at radius 2 is 1.58 bits per heavy atom. The molecule has 1 aliphatic rings. The summed E-state index contributed by atoms with van der Waals surface area (Å²) in [7, 11) is 0. The van der Waals surface area contributed by atoms with Crippen LogP contribution in [-0.4, -0.2) is 5.91 Å². The Hall–Kier alpha value is -2.29. The van der Waals surface area contributed by atoms with Gasteiger partial charge in [0, 0.05) is 15.7 Å². The van der Waals surface area contributed by atoms with Gasteiger partial charge in [-0.25, -0.2) is 0 Å². The van der Waals surface area contributed by atoms with E-state index in [-0.39, 0.29) is 5.91 Å². The molecular weight excluding hydrogens is 365 g/mol. The van der Waals surface area contributed by atoms with E-state index in [2.05, 4.69) is 0 Å². The number of halogens is 2. The van der Waals surface area contributed by atoms with Crippen LogP contribution in [0.25, 0.3) is 0 Å². The van der Waals surface area contributed by atoms with Gasteiger partial charge in [-0.15, -0.1) is 0 Å². The Morgan fingerprint density at radius 1 is 0.885 bits per heavy atom. The van der Waals surface area contributed by atoms with E-state index in [9.17, 15) is 4.79 Å². The number of anilines is 2. The maximum atomic E-state index is 13.6. The van der Waals surface area contributed by atoms with E-state index in [1.54, 1.807) is 4.90 Å². The molecule has 1 atom stereocenters. The molecule has 4 rings (SSSR count). The molecule has 0 bridgehead atoms. The summed E-state index contributed by atoms with van der Waals surface area (Å²) < 4.78 is 0. The van der Waals surface area contributed by atoms with E-state index < -0.39 is 5.41 Å². The molecule has 0 N–H and O–H groups in total. The largest absolute Gasteiger partial charge is 0.280 e. The van der Waals surface area contributed by atoms with Gasteiger partial charge in [0.15, 0.2) is 0 Å². The lowest BCUT2D eigenvalue weighted by atomic mass is 9.77. The number of amides is 1. The predicted molar refractivity (Wildman–Crippen MR) is 108 cm³/mol. The van der Waals surface area contributed by atoms with Crippen LogP contribution in [0.15, 0.2) is 66.7 Å². The van der Waals surface area contributed by atoms with E-state index in [0.29, 0.717) is 10.0 Å². The van der Waals surface area contributed by atoms with Crippen molar-refractivity contribution in [1.29, 1.82) is 0 Å². The van der Waals surface area contributed by atoms with Gasteiger partial charge in [0.25, 0.3) is 0 Å². The average molecular weight is 382 g/mol. The van der Waals surface area contributed by atoms with Crippen molar-refractivity contribution in [3.8, 4) is 0 Å². The fourth-order valence-corrected chi connectivity index (χ4v) is 3.94. The third-order valence-electron chi connectivity index (χ3n) is 5.05. The third-order valence-corrected chi connectivity index (χ3v) is 5.54. The zero-order valence-corrected chi connectivity index (χ0v) is 16.0. The number of benzene rings is 3. The van der Waals surface area contributed by atoms with E-state index in [0.717, 1.165) is 28.1 Å². The molecule has 0 aliphatic carbocycles. The number of hydrogen-bond donors (Lipinski definition) is 0. The Bertz CT molecular complexity index is 1010. The van der Waals surface area contributed by atoms with Crippen molar-refractivity contribution in [1.82, 2.24) is 0 Å². The summed E-state index contributed by atoms with van der Waals surface area (Å²) in [5.74, 6) is 0.00249. The lowest BCUT2D eigenvalue weighted by Crippen LogP contribution is -2.36. The van der Waals surface area contributed by atoms with Crippen LogP contribution in [0.2, 0.25) is 10.0 Å². The van der Waals surface area contributed by atoms with Crippen LogP contribution < -0.4 is 4.90 Å². The van der Waals surface area contributed by atoms with Crippen molar-refractivity contribution in [2.45, 2.75) is 19.3 Å². The molecule has 1 aliphatic heterocycles. The minimum absolute atomic E-state index is 0.00249. The molecule has 1 heterocycles. The molecule has 130 valence electrons. The summed E-state index contributed by atoms with van der Waals surface area (Å²) in [5.41, 5.74) is 3.79. The van der Waals surface area contributed by atoms with Gasteiger partial charge in [-0.3, -0.25) is 9.69 Å². The van der Waals surface area contributed by atoms with Gasteiger partial charge in [0.05, 0.1) is 11.1 Å². The minimum atomic E-state index is -0.825. The van der Waals surface area contributed by atoms with Crippen LogP contribution >= 0.6 is 23.2 Å². The fraction of sp³-hybridized carbons (Fsp3) is 0.136. The van der Waals surface area contributed by atoms with Gasteiger partial charge < -0.3 is 0 Å². The Kier molecular flexibility index (Phi) is 4.06. The highest BCUT2D eigenvalue weighted by Crippen LogP contribution is 2.49. The number of hydrogen-bond acceptors (Lipinski definition) is 1. The molecule has 0 saturated carbocycles. The fourth-order valence-electron chi connectivity index (χ4n) is 3.64. The monoisotopic (exact) mass is 381 g/mol. The number of nitrogens with zero attached hydrogens (tertiary/aromatic N) is 1. The first-order valence-corrected chi connectivity index (χ1v) is 9.14. The summed E-state index contributed by atoms with van der Waals surface area (Å²) in [6.45, 7) is 3.97. The van der Waals surface area contributed by atoms with Gasteiger partial charge in [-0.1, -0.05) is 47.5 Å². The highest BCUT2D eigenvalue weighted by atomic mass is 35.5. The predicted octanol–water partition coefficient (Wildman–Crippen LogP) is 6.29. The Morgan fingerprint density at radius 3 is 2.27 bits per heavy atom. The molecular formula is C22H17Cl2NO. The highest BCUT2D eigenvalue weighted by molar-refractivity contribution is 6.31. The maximum Gasteiger partial charge on any atom is 0.246 e. The van der Waals surface area contributed by atoms with Crippen LogP contribution in [-0.2, 0) is 10.2 Å². The SMILES string of the molecule is Cc1cccc(N2C(=O)C(C)(c3ccc(Cl)cc3)c3cc(Cl)ccc32)c1. The average Bonchev–Trinajstić information content (AvgIpc) is 2.84. The van der Waals surface area contributed by atoms with E-state index >= 15 is 0 Å². The molecule has 0 saturated heterocycles. The molecule has 2 nitrogen and oxygen atoms in total. The summed E-state index contributed by atoms with van der Waals surface area (Å²) >= 11 is 12.3. The molecule has 0 radical (unpaired) electrons. The highest BCUT2D eigenvalue weighted by Gasteiger charge is 2.49. The quantitative estimate of drug-likeness (QED) is 0.510. The summed E-state index contributed by atoms with van der Waals surface area (Å²) in [6.07, 6.45) is 0. The first-order chi connectivity index (χ1) is 12.4. The van der Waals surface area contributed by atoms with Gasteiger partial charge in [-0.05, 0) is 73.0 Å². The van der Waals surface area contributed by atoms with E-state index in [4.69, 9.17) is 23.2 Å². The van der Waals surface area contributed by atoms with Crippen LogP contribution in [0.1, 0.15) is 23.6 Å². The number of rotatable bonds is 2. The van der Waals surface area contributed by atoms with Gasteiger partial charge in [-0.2, -0.15) is 0 Å². The van der Waals surface area contributed by atoms with Crippen molar-refractivity contribution in [2.75, 3.05) is 4.90 Å². The second-order valence-electron chi connectivity index (χ2n) is 6.77. The number of fused-ring (bicyclic) bond motifs is 1. The molecule has 3 aromatic rings. The molecule has 1 unspecified atom stereocenters. The number of carbonyl (C=O) groups excluding carboxylic acids is 1. The summed E-state index contributed by atoms with van der Waals surface area (Å²) in [5, 5.41) is 1.26. The smallest absolute Gasteiger partial charge is 0.246 e. The normalized spacial score (nSPS) is 18.9. The van der Waals surface area contributed by atoms with Crippen molar-refractivity contribution >= 4 is 40.5 Å². The molecule has 1 amide bonds. The number of aryl methyl sites for hydroxylation is 1. The van der Waals surface area contributed by atoms with Crippen molar-refractivity contribution < 1.29 is 4.79 Å². The first-order valence-electron chi connectivity index (χ1n) is 8.38. The second-order valence-corrected chi connectivity index (χ2v) is 7.65. The zero-order chi connectivity index (χ0) is 18.5. The zero-order valence-electron chi connectivity index (χ0n) is 14.5. The number of carbonyl (C=O) groups is 1. The van der Waals surface area contributed by atoms with Crippen LogP contribution in [0.4, 0.5) is 11.4 Å². The van der Waals surface area contributed by atoms with Crippen molar-refractivity contribution in [3.63, 3.8) is 0 Å². The standard InChI is InChI=1S/C22H17Cl2NO/c1-14-4-3-5-18(12-14)25-20-11-10-17(24)13-19(20)22(2,21(25)26)15-6-8-16(23)9-7-15/h3-13H,1-2H3. The molecule has 3 aromatic carbocycles. The molecule has 0 fully saturated rings. The maximum absolute atomic E-state index is 13.6. The van der Waals surface area contributed by atoms with Gasteiger partial charge in [0.2, 0.25) is 5.91 Å². The summed E-state index contributed by atoms with van der Waals surface area (Å²) in [4.78, 5) is 15.4. The summed E-state index contributed by atoms with van der Waals surface area (Å²) in [6, 6.07) is 21.0. The van der Waals surface area contributed by atoms with Crippen LogP contribution in [0, 0.1) is 6.92 Å². The Balaban J connectivity index is 1.96. The second kappa shape index (κ2) is 6.15. The lowest BCUT2D eigenvalue weighted by Gasteiger charge is -2.25. The molecule has 0 aromatic heterocycles. The molecule has 0 spiro atoms. The van der Waals surface area contributed by atoms with Gasteiger partial charge in [0.1, 0.15) is 0 Å². The van der Waals surface area contributed by atoms with Crippen molar-refractivity contribution in [2.24, 2.45) is 0 Å². The molecule has 4 heteroatoms. The van der Waals surface area contributed by atoms with Crippen LogP contribution in [0.5, 0.6) is 0 Å². The van der Waals surface area contributed by atoms with Gasteiger partial charge >= 0.3 is 0 Å². The topological polar surface area (TPSA) is 20.3 Å². The first kappa shape index (κ1) is 17.1. The van der Waals surface area contributed by atoms with Crippen LogP contribution in [0.3, 0.4) is 0 Å². The lowest BCUT2D eigenvalue weighted by molar-refractivity contribution is -0.120. The van der Waals surface area contributed by atoms with E-state index in [1.807, 2.05) is 80.6 Å². The molecule has 26 heavy (non-hydrogen) atoms. The van der Waals surface area contributed by atoms with E-state index in [1.165, 1.54) is 0 Å². The third kappa shape index (κ3) is 2.53. The minimum Gasteiger partial charge on any atom is -0.280 e. The Labute approximate surface area is 163 Å². The van der Waals surface area contributed by atoms with Crippen molar-refractivity contribution in [3.05, 3.63) is 93.5 Å².